The van der Waals surface area contributed by atoms with E-state index in [0.717, 1.165) is 0 Å². The lowest BCUT2D eigenvalue weighted by molar-refractivity contribution is -0.115. The fraction of sp³-hybridized carbons (Fsp3) is 0.143. The molecule has 2 heterocycles. The number of nitrogens with one attached hydrogen (secondary N) is 1. The van der Waals surface area contributed by atoms with Crippen molar-refractivity contribution < 1.29 is 26.5 Å². The Bertz CT molecular complexity index is 1740. The average molecular weight is 536 g/mol. The minimum Gasteiger partial charge on any atom is -0.360 e. The summed E-state index contributed by atoms with van der Waals surface area (Å²) in [4.78, 5) is 13.3. The average Bonchev–Trinajstić information content (AvgIpc) is 3.48. The van der Waals surface area contributed by atoms with E-state index in [0.29, 0.717) is 22.2 Å². The Balaban J connectivity index is 1.60. The quantitative estimate of drug-likeness (QED) is 0.292. The molecule has 0 saturated heterocycles. The highest BCUT2D eigenvalue weighted by Gasteiger charge is 2.37. The topological polar surface area (TPSA) is 94.2 Å². The second kappa shape index (κ2) is 10.2. The Morgan fingerprint density at radius 1 is 0.974 bits per heavy atom. The Kier molecular flexibility index (Phi) is 6.81. The second-order valence-corrected chi connectivity index (χ2v) is 11.0. The summed E-state index contributed by atoms with van der Waals surface area (Å²) in [6.07, 6.45) is 0.985. The monoisotopic (exact) mass is 535 g/mol. The number of hydrogen-bond donors (Lipinski definition) is 1. The van der Waals surface area contributed by atoms with Crippen LogP contribution in [0.2, 0.25) is 0 Å². The van der Waals surface area contributed by atoms with Crippen LogP contribution >= 0.6 is 0 Å². The molecule has 0 aliphatic rings. The molecule has 194 valence electrons. The number of aryl methyl sites for hydroxylation is 1. The van der Waals surface area contributed by atoms with Gasteiger partial charge in [-0.05, 0) is 30.7 Å². The summed E-state index contributed by atoms with van der Waals surface area (Å²) in [5.41, 5.74) is 0.994. The minimum absolute atomic E-state index is 0.0446. The number of amides is 1. The maximum atomic E-state index is 14.6. The van der Waals surface area contributed by atoms with E-state index < -0.39 is 39.0 Å². The highest BCUT2D eigenvalue weighted by atomic mass is 32.2. The molecule has 3 aromatic carbocycles. The molecule has 0 bridgehead atoms. The van der Waals surface area contributed by atoms with Crippen LogP contribution in [0.25, 0.3) is 10.9 Å². The minimum atomic E-state index is -4.39. The number of para-hydroxylation sites is 1. The molecular weight excluding hydrogens is 512 g/mol. The van der Waals surface area contributed by atoms with Crippen LogP contribution in [0.3, 0.4) is 0 Å². The van der Waals surface area contributed by atoms with Gasteiger partial charge in [-0.15, -0.1) is 0 Å². The van der Waals surface area contributed by atoms with Gasteiger partial charge in [-0.3, -0.25) is 4.79 Å². The molecule has 0 fully saturated rings. The van der Waals surface area contributed by atoms with Crippen molar-refractivity contribution in [1.82, 2.24) is 9.72 Å². The summed E-state index contributed by atoms with van der Waals surface area (Å²) in [5, 5.41) is 4.87. The molecule has 5 rings (SSSR count). The van der Waals surface area contributed by atoms with E-state index in [1.165, 1.54) is 36.5 Å². The summed E-state index contributed by atoms with van der Waals surface area (Å²) in [5.74, 6) is -1.46. The molecule has 1 amide bonds. The van der Waals surface area contributed by atoms with Gasteiger partial charge in [0.2, 0.25) is 5.91 Å². The van der Waals surface area contributed by atoms with Crippen LogP contribution < -0.4 is 5.32 Å². The molecule has 0 spiro atoms. The van der Waals surface area contributed by atoms with Crippen LogP contribution in [0, 0.1) is 18.6 Å². The fourth-order valence-electron chi connectivity index (χ4n) is 4.37. The highest BCUT2D eigenvalue weighted by molar-refractivity contribution is 7.93. The van der Waals surface area contributed by atoms with E-state index in [-0.39, 0.29) is 22.8 Å². The number of nitrogens with zero attached hydrogens (tertiary/aromatic N) is 2. The van der Waals surface area contributed by atoms with Gasteiger partial charge in [-0.1, -0.05) is 59.8 Å². The first kappa shape index (κ1) is 25.3. The standard InChI is InChI=1S/C28H23F2N3O4S/c1-18-14-27(32-37-18)31-28(34)25(15-19-8-2-5-11-22(19)29)38(35,36)26-17-33(24-13-7-4-10-21(24)26)16-20-9-3-6-12-23(20)30/h2-14,17,25H,15-16H2,1H3,(H,31,32,34). The lowest BCUT2D eigenvalue weighted by Gasteiger charge is -2.17. The number of anilines is 1. The van der Waals surface area contributed by atoms with Gasteiger partial charge in [0.15, 0.2) is 15.7 Å². The van der Waals surface area contributed by atoms with Gasteiger partial charge in [-0.25, -0.2) is 17.2 Å². The highest BCUT2D eigenvalue weighted by Crippen LogP contribution is 2.31. The number of halogens is 2. The van der Waals surface area contributed by atoms with Crippen molar-refractivity contribution in [2.45, 2.75) is 30.0 Å². The molecule has 1 unspecified atom stereocenters. The smallest absolute Gasteiger partial charge is 0.244 e. The first-order chi connectivity index (χ1) is 18.2. The number of carbonyl (C=O) groups is 1. The van der Waals surface area contributed by atoms with Crippen molar-refractivity contribution >= 4 is 32.5 Å². The Morgan fingerprint density at radius 3 is 2.26 bits per heavy atom. The zero-order valence-electron chi connectivity index (χ0n) is 20.3. The molecule has 1 N–H and O–H groups in total. The first-order valence-corrected chi connectivity index (χ1v) is 13.3. The Labute approximate surface area is 217 Å². The Morgan fingerprint density at radius 2 is 1.61 bits per heavy atom. The second-order valence-electron chi connectivity index (χ2n) is 8.87. The van der Waals surface area contributed by atoms with Crippen molar-refractivity contribution in [3.8, 4) is 0 Å². The van der Waals surface area contributed by atoms with E-state index in [2.05, 4.69) is 10.5 Å². The SMILES string of the molecule is Cc1cc(NC(=O)C(Cc2ccccc2F)S(=O)(=O)c2cn(Cc3ccccc3F)c3ccccc23)no1. The summed E-state index contributed by atoms with van der Waals surface area (Å²) in [7, 11) is -4.39. The summed E-state index contributed by atoms with van der Waals surface area (Å²) < 4.78 is 63.8. The largest absolute Gasteiger partial charge is 0.360 e. The molecule has 2 aromatic heterocycles. The number of fused-ring (bicyclic) bond motifs is 1. The summed E-state index contributed by atoms with van der Waals surface area (Å²) in [6.45, 7) is 1.70. The van der Waals surface area contributed by atoms with Gasteiger partial charge < -0.3 is 14.4 Å². The van der Waals surface area contributed by atoms with E-state index in [9.17, 15) is 22.0 Å². The van der Waals surface area contributed by atoms with E-state index >= 15 is 0 Å². The van der Waals surface area contributed by atoms with Crippen molar-refractivity contribution in [3.05, 3.63) is 114 Å². The molecule has 0 radical (unpaired) electrons. The number of benzene rings is 3. The van der Waals surface area contributed by atoms with E-state index in [1.807, 2.05) is 0 Å². The predicted octanol–water partition coefficient (Wildman–Crippen LogP) is 5.29. The van der Waals surface area contributed by atoms with Gasteiger partial charge in [0.05, 0.1) is 11.4 Å². The number of sulfone groups is 1. The number of hydrogen-bond acceptors (Lipinski definition) is 5. The molecule has 10 heteroatoms. The fourth-order valence-corrected chi connectivity index (χ4v) is 6.17. The normalized spacial score (nSPS) is 12.5. The van der Waals surface area contributed by atoms with Gasteiger partial charge in [0, 0.05) is 35.2 Å². The zero-order chi connectivity index (χ0) is 26.9. The molecule has 0 saturated carbocycles. The molecule has 7 nitrogen and oxygen atoms in total. The van der Waals surface area contributed by atoms with Gasteiger partial charge in [0.25, 0.3) is 0 Å². The number of rotatable bonds is 8. The third kappa shape index (κ3) is 4.95. The maximum Gasteiger partial charge on any atom is 0.244 e. The van der Waals surface area contributed by atoms with Gasteiger partial charge in [-0.2, -0.15) is 0 Å². The van der Waals surface area contributed by atoms with Gasteiger partial charge in [0.1, 0.15) is 22.6 Å². The first-order valence-electron chi connectivity index (χ1n) is 11.8. The van der Waals surface area contributed by atoms with Crippen LogP contribution in [0.1, 0.15) is 16.9 Å². The van der Waals surface area contributed by atoms with E-state index in [4.69, 9.17) is 4.52 Å². The van der Waals surface area contributed by atoms with Crippen LogP contribution in [0.5, 0.6) is 0 Å². The molecule has 0 aliphatic carbocycles. The third-order valence-corrected chi connectivity index (χ3v) is 8.33. The zero-order valence-corrected chi connectivity index (χ0v) is 21.1. The third-order valence-electron chi connectivity index (χ3n) is 6.27. The predicted molar refractivity (Wildman–Crippen MR) is 138 cm³/mol. The Hall–Kier alpha value is -4.31. The van der Waals surface area contributed by atoms with Crippen LogP contribution in [0.4, 0.5) is 14.6 Å². The molecular formula is C28H23F2N3O4S. The maximum absolute atomic E-state index is 14.6. The lowest BCUT2D eigenvalue weighted by Crippen LogP contribution is -2.37. The van der Waals surface area contributed by atoms with Crippen LogP contribution in [0.15, 0.2) is 94.5 Å². The molecule has 38 heavy (non-hydrogen) atoms. The van der Waals surface area contributed by atoms with Gasteiger partial charge >= 0.3 is 0 Å². The molecule has 1 atom stereocenters. The van der Waals surface area contributed by atoms with Crippen LogP contribution in [-0.2, 0) is 27.6 Å². The van der Waals surface area contributed by atoms with E-state index in [1.54, 1.807) is 60.0 Å². The van der Waals surface area contributed by atoms with Crippen molar-refractivity contribution in [3.63, 3.8) is 0 Å². The number of aromatic nitrogens is 2. The summed E-state index contributed by atoms with van der Waals surface area (Å²) >= 11 is 0. The van der Waals surface area contributed by atoms with Crippen LogP contribution in [-0.4, -0.2) is 29.3 Å². The lowest BCUT2D eigenvalue weighted by atomic mass is 10.1. The van der Waals surface area contributed by atoms with Crippen molar-refractivity contribution in [2.24, 2.45) is 0 Å². The van der Waals surface area contributed by atoms with Crippen molar-refractivity contribution in [1.29, 1.82) is 0 Å². The summed E-state index contributed by atoms with van der Waals surface area (Å²) in [6, 6.07) is 20.1. The molecule has 5 aromatic rings. The molecule has 0 aliphatic heterocycles. The number of carbonyl (C=O) groups excluding carboxylic acids is 1. The van der Waals surface area contributed by atoms with Crippen molar-refractivity contribution in [2.75, 3.05) is 5.32 Å².